The average molecular weight is 260 g/mol. The van der Waals surface area contributed by atoms with Crippen LogP contribution in [0.25, 0.3) is 0 Å². The van der Waals surface area contributed by atoms with Gasteiger partial charge in [0.15, 0.2) is 0 Å². The van der Waals surface area contributed by atoms with Crippen molar-refractivity contribution >= 4 is 5.69 Å². The summed E-state index contributed by atoms with van der Waals surface area (Å²) >= 11 is 0. The highest BCUT2D eigenvalue weighted by Gasteiger charge is 2.32. The van der Waals surface area contributed by atoms with Crippen LogP contribution in [-0.2, 0) is 17.7 Å². The summed E-state index contributed by atoms with van der Waals surface area (Å²) in [6.45, 7) is 2.13. The van der Waals surface area contributed by atoms with Crippen LogP contribution in [0.15, 0.2) is 18.2 Å². The maximum Gasteiger partial charge on any atom is 0.0726 e. The van der Waals surface area contributed by atoms with Crippen LogP contribution in [0, 0.1) is 0 Å². The van der Waals surface area contributed by atoms with E-state index in [9.17, 15) is 0 Å². The average Bonchev–Trinajstić information content (AvgIpc) is 2.47. The highest BCUT2D eigenvalue weighted by molar-refractivity contribution is 5.51. The van der Waals surface area contributed by atoms with E-state index in [1.54, 1.807) is 0 Å². The van der Waals surface area contributed by atoms with Crippen LogP contribution in [0.4, 0.5) is 5.69 Å². The fourth-order valence-electron chi connectivity index (χ4n) is 3.68. The fourth-order valence-corrected chi connectivity index (χ4v) is 3.68. The molecule has 0 amide bonds. The van der Waals surface area contributed by atoms with Gasteiger partial charge >= 0.3 is 0 Å². The summed E-state index contributed by atoms with van der Waals surface area (Å²) in [7, 11) is 1.86. The van der Waals surface area contributed by atoms with E-state index in [2.05, 4.69) is 17.0 Å². The monoisotopic (exact) mass is 260 g/mol. The van der Waals surface area contributed by atoms with Gasteiger partial charge in [-0.05, 0) is 36.5 Å². The Balaban J connectivity index is 1.79. The highest BCUT2D eigenvalue weighted by atomic mass is 16.5. The number of methoxy groups -OCH3 is 1. The Labute approximate surface area is 115 Å². The topological polar surface area (TPSA) is 38.5 Å². The first-order valence-corrected chi connectivity index (χ1v) is 7.42. The highest BCUT2D eigenvalue weighted by Crippen LogP contribution is 2.31. The lowest BCUT2D eigenvalue weighted by molar-refractivity contribution is -0.0160. The van der Waals surface area contributed by atoms with Crippen molar-refractivity contribution in [2.45, 2.75) is 50.8 Å². The third-order valence-corrected chi connectivity index (χ3v) is 4.78. The maximum atomic E-state index is 6.14. The molecule has 3 heteroatoms. The molecule has 3 nitrogen and oxygen atoms in total. The number of ether oxygens (including phenoxy) is 1. The molecule has 19 heavy (non-hydrogen) atoms. The van der Waals surface area contributed by atoms with Crippen molar-refractivity contribution in [3.63, 3.8) is 0 Å². The number of anilines is 1. The van der Waals surface area contributed by atoms with Gasteiger partial charge in [-0.25, -0.2) is 0 Å². The molecule has 0 aromatic heterocycles. The van der Waals surface area contributed by atoms with Gasteiger partial charge in [0.05, 0.1) is 6.10 Å². The molecule has 2 N–H and O–H groups in total. The van der Waals surface area contributed by atoms with Gasteiger partial charge in [0.25, 0.3) is 0 Å². The van der Waals surface area contributed by atoms with Gasteiger partial charge in [-0.3, -0.25) is 4.90 Å². The molecule has 2 atom stereocenters. The minimum absolute atomic E-state index is 0.403. The van der Waals surface area contributed by atoms with E-state index in [1.165, 1.54) is 36.8 Å². The standard InChI is InChI=1S/C16H24N2O/c1-19-16-8-3-2-7-15(16)18-10-9-12-5-4-6-14(17)13(12)11-18/h4-6,15-16H,2-3,7-11,17H2,1H3. The summed E-state index contributed by atoms with van der Waals surface area (Å²) in [5.41, 5.74) is 9.87. The number of hydrogen-bond acceptors (Lipinski definition) is 3. The van der Waals surface area contributed by atoms with Gasteiger partial charge in [0.2, 0.25) is 0 Å². The number of hydrogen-bond donors (Lipinski definition) is 1. The van der Waals surface area contributed by atoms with Crippen molar-refractivity contribution in [2.24, 2.45) is 0 Å². The second-order valence-corrected chi connectivity index (χ2v) is 5.83. The molecule has 0 radical (unpaired) electrons. The molecule has 1 aromatic carbocycles. The van der Waals surface area contributed by atoms with E-state index < -0.39 is 0 Å². The summed E-state index contributed by atoms with van der Waals surface area (Å²) in [6, 6.07) is 6.89. The van der Waals surface area contributed by atoms with Gasteiger partial charge in [0.1, 0.15) is 0 Å². The van der Waals surface area contributed by atoms with E-state index in [0.717, 1.165) is 25.2 Å². The first kappa shape index (κ1) is 12.9. The number of nitrogens with zero attached hydrogens (tertiary/aromatic N) is 1. The van der Waals surface area contributed by atoms with Crippen LogP contribution in [-0.4, -0.2) is 30.7 Å². The lowest BCUT2D eigenvalue weighted by atomic mass is 9.88. The van der Waals surface area contributed by atoms with Crippen molar-refractivity contribution in [2.75, 3.05) is 19.4 Å². The van der Waals surface area contributed by atoms with Crippen molar-refractivity contribution in [3.05, 3.63) is 29.3 Å². The summed E-state index contributed by atoms with van der Waals surface area (Å²) < 4.78 is 5.70. The van der Waals surface area contributed by atoms with Gasteiger partial charge in [-0.2, -0.15) is 0 Å². The summed E-state index contributed by atoms with van der Waals surface area (Å²) in [4.78, 5) is 2.59. The molecule has 1 aromatic rings. The zero-order valence-corrected chi connectivity index (χ0v) is 11.8. The van der Waals surface area contributed by atoms with Crippen molar-refractivity contribution < 1.29 is 4.74 Å². The minimum Gasteiger partial charge on any atom is -0.398 e. The van der Waals surface area contributed by atoms with Gasteiger partial charge < -0.3 is 10.5 Å². The maximum absolute atomic E-state index is 6.14. The van der Waals surface area contributed by atoms with Crippen LogP contribution in [0.5, 0.6) is 0 Å². The van der Waals surface area contributed by atoms with E-state index >= 15 is 0 Å². The van der Waals surface area contributed by atoms with E-state index in [1.807, 2.05) is 13.2 Å². The lowest BCUT2D eigenvalue weighted by Crippen LogP contribution is -2.48. The Morgan fingerprint density at radius 1 is 1.26 bits per heavy atom. The van der Waals surface area contributed by atoms with Crippen LogP contribution >= 0.6 is 0 Å². The van der Waals surface area contributed by atoms with Crippen molar-refractivity contribution in [1.82, 2.24) is 4.90 Å². The molecule has 3 rings (SSSR count). The molecule has 0 bridgehead atoms. The third-order valence-electron chi connectivity index (χ3n) is 4.78. The van der Waals surface area contributed by atoms with E-state index in [-0.39, 0.29) is 0 Å². The molecule has 0 spiro atoms. The lowest BCUT2D eigenvalue weighted by Gasteiger charge is -2.41. The van der Waals surface area contributed by atoms with E-state index in [0.29, 0.717) is 12.1 Å². The summed E-state index contributed by atoms with van der Waals surface area (Å²) in [6.07, 6.45) is 6.63. The molecule has 1 aliphatic heterocycles. The molecular formula is C16H24N2O. The van der Waals surface area contributed by atoms with Crippen LogP contribution < -0.4 is 5.73 Å². The predicted molar refractivity (Wildman–Crippen MR) is 78.0 cm³/mol. The smallest absolute Gasteiger partial charge is 0.0726 e. The van der Waals surface area contributed by atoms with Crippen LogP contribution in [0.2, 0.25) is 0 Å². The Kier molecular flexibility index (Phi) is 3.76. The molecule has 1 fully saturated rings. The molecule has 2 aliphatic rings. The third kappa shape index (κ3) is 2.49. The quantitative estimate of drug-likeness (QED) is 0.831. The number of rotatable bonds is 2. The Morgan fingerprint density at radius 3 is 2.95 bits per heavy atom. The second-order valence-electron chi connectivity index (χ2n) is 5.83. The molecular weight excluding hydrogens is 236 g/mol. The van der Waals surface area contributed by atoms with Gasteiger partial charge in [-0.1, -0.05) is 25.0 Å². The molecule has 1 aliphatic carbocycles. The van der Waals surface area contributed by atoms with Crippen LogP contribution in [0.1, 0.15) is 36.8 Å². The molecule has 1 heterocycles. The van der Waals surface area contributed by atoms with Crippen molar-refractivity contribution in [1.29, 1.82) is 0 Å². The number of nitrogens with two attached hydrogens (primary N) is 1. The zero-order valence-electron chi connectivity index (χ0n) is 11.8. The molecule has 1 saturated carbocycles. The van der Waals surface area contributed by atoms with Crippen LogP contribution in [0.3, 0.4) is 0 Å². The summed E-state index contributed by atoms with van der Waals surface area (Å²) in [5.74, 6) is 0. The number of fused-ring (bicyclic) bond motifs is 1. The Hall–Kier alpha value is -1.06. The minimum atomic E-state index is 0.403. The fraction of sp³-hybridized carbons (Fsp3) is 0.625. The number of benzene rings is 1. The van der Waals surface area contributed by atoms with Crippen molar-refractivity contribution in [3.8, 4) is 0 Å². The molecule has 0 saturated heterocycles. The van der Waals surface area contributed by atoms with Gasteiger partial charge in [-0.15, -0.1) is 0 Å². The first-order valence-electron chi connectivity index (χ1n) is 7.42. The number of nitrogen functional groups attached to an aromatic ring is 1. The zero-order chi connectivity index (χ0) is 13.2. The normalized spacial score (nSPS) is 28.1. The van der Waals surface area contributed by atoms with Gasteiger partial charge in [0, 0.05) is 31.9 Å². The Bertz CT molecular complexity index is 446. The first-order chi connectivity index (χ1) is 9.29. The van der Waals surface area contributed by atoms with E-state index in [4.69, 9.17) is 10.5 Å². The second kappa shape index (κ2) is 5.51. The predicted octanol–water partition coefficient (Wildman–Crippen LogP) is 2.58. The summed E-state index contributed by atoms with van der Waals surface area (Å²) in [5, 5.41) is 0. The molecule has 2 unspecified atom stereocenters. The molecule has 104 valence electrons. The SMILES string of the molecule is COC1CCCCC1N1CCc2cccc(N)c2C1. The Morgan fingerprint density at radius 2 is 2.11 bits per heavy atom. The largest absolute Gasteiger partial charge is 0.398 e.